The number of hydrogen-bond donors (Lipinski definition) is 0. The van der Waals surface area contributed by atoms with Crippen molar-refractivity contribution in [3.8, 4) is 5.75 Å². The lowest BCUT2D eigenvalue weighted by Crippen LogP contribution is -2.17. The topological polar surface area (TPSA) is 27.7 Å². The van der Waals surface area contributed by atoms with Gasteiger partial charge in [0.2, 0.25) is 0 Å². The number of benzene rings is 1. The zero-order valence-corrected chi connectivity index (χ0v) is 11.2. The molecule has 0 N–H and O–H groups in total. The zero-order chi connectivity index (χ0) is 11.8. The SMILES string of the molecule is COCCOC(Br)COc1cccc(C)c1. The first-order chi connectivity index (χ1) is 7.72. The van der Waals surface area contributed by atoms with Crippen molar-refractivity contribution in [2.45, 2.75) is 11.9 Å². The molecule has 0 spiro atoms. The van der Waals surface area contributed by atoms with Crippen LogP contribution in [0.4, 0.5) is 0 Å². The lowest BCUT2D eigenvalue weighted by Gasteiger charge is -2.12. The molecule has 0 saturated carbocycles. The molecule has 1 unspecified atom stereocenters. The van der Waals surface area contributed by atoms with Crippen molar-refractivity contribution in [3.05, 3.63) is 29.8 Å². The van der Waals surface area contributed by atoms with Crippen LogP contribution in [0.3, 0.4) is 0 Å². The Labute approximate surface area is 105 Å². The fraction of sp³-hybridized carbons (Fsp3) is 0.500. The molecule has 3 nitrogen and oxygen atoms in total. The van der Waals surface area contributed by atoms with E-state index < -0.39 is 0 Å². The highest BCUT2D eigenvalue weighted by atomic mass is 79.9. The average molecular weight is 289 g/mol. The van der Waals surface area contributed by atoms with E-state index in [1.54, 1.807) is 7.11 Å². The maximum Gasteiger partial charge on any atom is 0.146 e. The summed E-state index contributed by atoms with van der Waals surface area (Å²) in [6.45, 7) is 3.66. The summed E-state index contributed by atoms with van der Waals surface area (Å²) in [7, 11) is 1.65. The predicted octanol–water partition coefficient (Wildman–Crippen LogP) is 2.76. The molecule has 0 heterocycles. The minimum Gasteiger partial charge on any atom is -0.490 e. The Morgan fingerprint density at radius 3 is 2.81 bits per heavy atom. The number of hydrogen-bond acceptors (Lipinski definition) is 3. The molecular formula is C12H17BrO3. The Bertz CT molecular complexity index is 304. The highest BCUT2D eigenvalue weighted by molar-refractivity contribution is 9.09. The minimum atomic E-state index is -0.108. The standard InChI is InChI=1S/C12H17BrO3/c1-10-4-3-5-11(8-10)16-9-12(13)15-7-6-14-2/h3-5,8,12H,6-7,9H2,1-2H3. The molecule has 0 aliphatic heterocycles. The molecule has 0 amide bonds. The summed E-state index contributed by atoms with van der Waals surface area (Å²) in [4.78, 5) is 0. The summed E-state index contributed by atoms with van der Waals surface area (Å²) in [5, 5.41) is -0.108. The van der Waals surface area contributed by atoms with E-state index in [0.29, 0.717) is 19.8 Å². The monoisotopic (exact) mass is 288 g/mol. The van der Waals surface area contributed by atoms with E-state index in [2.05, 4.69) is 15.9 Å². The third-order valence-corrected chi connectivity index (χ3v) is 2.49. The van der Waals surface area contributed by atoms with Gasteiger partial charge in [0.1, 0.15) is 17.4 Å². The van der Waals surface area contributed by atoms with Crippen molar-refractivity contribution >= 4 is 15.9 Å². The fourth-order valence-corrected chi connectivity index (χ4v) is 1.49. The smallest absolute Gasteiger partial charge is 0.146 e. The highest BCUT2D eigenvalue weighted by Crippen LogP contribution is 2.14. The summed E-state index contributed by atoms with van der Waals surface area (Å²) < 4.78 is 15.9. The van der Waals surface area contributed by atoms with Crippen LogP contribution in [0.2, 0.25) is 0 Å². The normalized spacial score (nSPS) is 12.4. The van der Waals surface area contributed by atoms with E-state index in [4.69, 9.17) is 14.2 Å². The molecule has 90 valence electrons. The average Bonchev–Trinajstić information content (AvgIpc) is 2.27. The Morgan fingerprint density at radius 2 is 2.12 bits per heavy atom. The Hall–Kier alpha value is -0.580. The van der Waals surface area contributed by atoms with Crippen molar-refractivity contribution < 1.29 is 14.2 Å². The molecule has 0 radical (unpaired) electrons. The molecule has 1 rings (SSSR count). The van der Waals surface area contributed by atoms with Crippen molar-refractivity contribution in [2.75, 3.05) is 26.9 Å². The lowest BCUT2D eigenvalue weighted by atomic mass is 10.2. The summed E-state index contributed by atoms with van der Waals surface area (Å²) in [5.41, 5.74) is 1.18. The van der Waals surface area contributed by atoms with Crippen molar-refractivity contribution in [3.63, 3.8) is 0 Å². The number of alkyl halides is 1. The Balaban J connectivity index is 2.23. The molecule has 4 heteroatoms. The van der Waals surface area contributed by atoms with E-state index in [0.717, 1.165) is 5.75 Å². The fourth-order valence-electron chi connectivity index (χ4n) is 1.17. The minimum absolute atomic E-state index is 0.108. The van der Waals surface area contributed by atoms with E-state index in [-0.39, 0.29) is 5.01 Å². The summed E-state index contributed by atoms with van der Waals surface area (Å²) >= 11 is 3.38. The molecule has 0 aliphatic rings. The molecule has 0 aliphatic carbocycles. The van der Waals surface area contributed by atoms with Gasteiger partial charge < -0.3 is 14.2 Å². The summed E-state index contributed by atoms with van der Waals surface area (Å²) in [6, 6.07) is 7.93. The predicted molar refractivity (Wildman–Crippen MR) is 67.2 cm³/mol. The number of aryl methyl sites for hydroxylation is 1. The largest absolute Gasteiger partial charge is 0.490 e. The van der Waals surface area contributed by atoms with Gasteiger partial charge >= 0.3 is 0 Å². The summed E-state index contributed by atoms with van der Waals surface area (Å²) in [5.74, 6) is 0.861. The van der Waals surface area contributed by atoms with Gasteiger partial charge in [-0.15, -0.1) is 0 Å². The number of ether oxygens (including phenoxy) is 3. The van der Waals surface area contributed by atoms with Gasteiger partial charge in [-0.05, 0) is 24.6 Å². The second-order valence-corrected chi connectivity index (χ2v) is 4.42. The van der Waals surface area contributed by atoms with E-state index >= 15 is 0 Å². The molecule has 0 saturated heterocycles. The molecule has 1 atom stereocenters. The number of methoxy groups -OCH3 is 1. The van der Waals surface area contributed by atoms with Crippen LogP contribution in [0.25, 0.3) is 0 Å². The van der Waals surface area contributed by atoms with E-state index in [9.17, 15) is 0 Å². The second kappa shape index (κ2) is 7.65. The third kappa shape index (κ3) is 5.49. The first-order valence-electron chi connectivity index (χ1n) is 5.16. The van der Waals surface area contributed by atoms with Crippen molar-refractivity contribution in [1.29, 1.82) is 0 Å². The van der Waals surface area contributed by atoms with Gasteiger partial charge in [-0.3, -0.25) is 0 Å². The molecule has 1 aromatic rings. The third-order valence-electron chi connectivity index (χ3n) is 1.96. The van der Waals surface area contributed by atoms with Crippen LogP contribution in [0, 0.1) is 6.92 Å². The van der Waals surface area contributed by atoms with Crippen molar-refractivity contribution in [2.24, 2.45) is 0 Å². The maximum atomic E-state index is 5.57. The quantitative estimate of drug-likeness (QED) is 0.570. The van der Waals surface area contributed by atoms with Crippen LogP contribution in [-0.2, 0) is 9.47 Å². The van der Waals surface area contributed by atoms with Gasteiger partial charge in [-0.1, -0.05) is 28.1 Å². The van der Waals surface area contributed by atoms with Crippen molar-refractivity contribution in [1.82, 2.24) is 0 Å². The summed E-state index contributed by atoms with van der Waals surface area (Å²) in [6.07, 6.45) is 0. The van der Waals surface area contributed by atoms with Crippen LogP contribution in [-0.4, -0.2) is 31.9 Å². The van der Waals surface area contributed by atoms with Crippen LogP contribution in [0.5, 0.6) is 5.75 Å². The molecule has 16 heavy (non-hydrogen) atoms. The first-order valence-corrected chi connectivity index (χ1v) is 6.08. The zero-order valence-electron chi connectivity index (χ0n) is 9.61. The molecule has 0 aromatic heterocycles. The molecular weight excluding hydrogens is 272 g/mol. The molecule has 0 bridgehead atoms. The highest BCUT2D eigenvalue weighted by Gasteiger charge is 2.04. The Kier molecular flexibility index (Phi) is 6.45. The number of rotatable bonds is 7. The Morgan fingerprint density at radius 1 is 1.31 bits per heavy atom. The molecule has 1 aromatic carbocycles. The molecule has 0 fully saturated rings. The van der Waals surface area contributed by atoms with Gasteiger partial charge in [-0.2, -0.15) is 0 Å². The van der Waals surface area contributed by atoms with E-state index in [1.807, 2.05) is 31.2 Å². The van der Waals surface area contributed by atoms with Crippen LogP contribution in [0.1, 0.15) is 5.56 Å². The van der Waals surface area contributed by atoms with Gasteiger partial charge in [0.15, 0.2) is 0 Å². The first kappa shape index (κ1) is 13.5. The van der Waals surface area contributed by atoms with Crippen LogP contribution < -0.4 is 4.74 Å². The number of halogens is 1. The van der Waals surface area contributed by atoms with Gasteiger partial charge in [-0.25, -0.2) is 0 Å². The van der Waals surface area contributed by atoms with Gasteiger partial charge in [0.05, 0.1) is 13.2 Å². The maximum absolute atomic E-state index is 5.57. The van der Waals surface area contributed by atoms with Crippen LogP contribution in [0.15, 0.2) is 24.3 Å². The van der Waals surface area contributed by atoms with Gasteiger partial charge in [0.25, 0.3) is 0 Å². The van der Waals surface area contributed by atoms with Crippen LogP contribution >= 0.6 is 15.9 Å². The van der Waals surface area contributed by atoms with E-state index in [1.165, 1.54) is 5.56 Å². The second-order valence-electron chi connectivity index (χ2n) is 3.40. The lowest BCUT2D eigenvalue weighted by molar-refractivity contribution is 0.0407. The van der Waals surface area contributed by atoms with Gasteiger partial charge in [0, 0.05) is 7.11 Å².